The summed E-state index contributed by atoms with van der Waals surface area (Å²) in [6.45, 7) is 8.77. The number of hydrogen-bond acceptors (Lipinski definition) is 4. The van der Waals surface area contributed by atoms with E-state index in [0.717, 1.165) is 38.5 Å². The second kappa shape index (κ2) is 11.0. The maximum absolute atomic E-state index is 12.3. The lowest BCUT2D eigenvalue weighted by molar-refractivity contribution is 0.0885. The van der Waals surface area contributed by atoms with E-state index in [1.54, 1.807) is 0 Å². The molecule has 0 spiro atoms. The van der Waals surface area contributed by atoms with E-state index in [9.17, 15) is 4.57 Å². The van der Waals surface area contributed by atoms with Crippen molar-refractivity contribution < 1.29 is 18.1 Å². The van der Waals surface area contributed by atoms with Crippen LogP contribution in [-0.4, -0.2) is 19.3 Å². The van der Waals surface area contributed by atoms with Crippen LogP contribution in [0, 0.1) is 0 Å². The second-order valence-corrected chi connectivity index (χ2v) is 6.30. The van der Waals surface area contributed by atoms with E-state index in [1.165, 1.54) is 0 Å². The topological polar surface area (TPSA) is 44.8 Å². The van der Waals surface area contributed by atoms with Gasteiger partial charge in [-0.3, -0.25) is 13.6 Å². The van der Waals surface area contributed by atoms with E-state index >= 15 is 0 Å². The molecule has 0 unspecified atom stereocenters. The average molecular weight is 280 g/mol. The lowest BCUT2D eigenvalue weighted by atomic mass is 10.3. The van der Waals surface area contributed by atoms with E-state index in [0.29, 0.717) is 13.2 Å². The van der Waals surface area contributed by atoms with Gasteiger partial charge in [-0.2, -0.15) is 0 Å². The van der Waals surface area contributed by atoms with Crippen molar-refractivity contribution in [3.8, 4) is 0 Å². The van der Waals surface area contributed by atoms with E-state index in [-0.39, 0.29) is 6.10 Å². The van der Waals surface area contributed by atoms with Gasteiger partial charge in [0.1, 0.15) is 0 Å². The van der Waals surface area contributed by atoms with Gasteiger partial charge in [-0.25, -0.2) is 4.57 Å². The summed E-state index contributed by atoms with van der Waals surface area (Å²) >= 11 is 0. The van der Waals surface area contributed by atoms with Gasteiger partial charge >= 0.3 is 7.82 Å². The quantitative estimate of drug-likeness (QED) is 0.375. The smallest absolute Gasteiger partial charge is 0.287 e. The van der Waals surface area contributed by atoms with Gasteiger partial charge in [0.05, 0.1) is 19.3 Å². The van der Waals surface area contributed by atoms with Crippen LogP contribution in [0.3, 0.4) is 0 Å². The Morgan fingerprint density at radius 3 is 1.67 bits per heavy atom. The van der Waals surface area contributed by atoms with Crippen LogP contribution in [0.1, 0.15) is 66.2 Å². The molecule has 0 saturated heterocycles. The summed E-state index contributed by atoms with van der Waals surface area (Å²) in [5.41, 5.74) is 0. The number of phosphoric ester groups is 1. The summed E-state index contributed by atoms with van der Waals surface area (Å²) in [6, 6.07) is 0. The third kappa shape index (κ3) is 10.1. The average Bonchev–Trinajstić information content (AvgIpc) is 2.30. The third-order valence-electron chi connectivity index (χ3n) is 2.33. The Balaban J connectivity index is 4.03. The summed E-state index contributed by atoms with van der Waals surface area (Å²) in [7, 11) is -3.36. The van der Waals surface area contributed by atoms with Crippen molar-refractivity contribution in [1.29, 1.82) is 0 Å². The summed E-state index contributed by atoms with van der Waals surface area (Å²) in [5.74, 6) is 0. The van der Waals surface area contributed by atoms with Crippen LogP contribution in [0.2, 0.25) is 0 Å². The molecule has 4 nitrogen and oxygen atoms in total. The highest BCUT2D eigenvalue weighted by Gasteiger charge is 2.27. The second-order valence-electron chi connectivity index (χ2n) is 4.68. The van der Waals surface area contributed by atoms with Crippen molar-refractivity contribution >= 4 is 7.82 Å². The van der Waals surface area contributed by atoms with Crippen LogP contribution < -0.4 is 0 Å². The Morgan fingerprint density at radius 2 is 1.33 bits per heavy atom. The lowest BCUT2D eigenvalue weighted by Gasteiger charge is -2.20. The van der Waals surface area contributed by atoms with Crippen molar-refractivity contribution in [2.45, 2.75) is 72.3 Å². The Kier molecular flexibility index (Phi) is 11.0. The molecule has 0 fully saturated rings. The highest BCUT2D eigenvalue weighted by atomic mass is 31.2. The van der Waals surface area contributed by atoms with Crippen LogP contribution >= 0.6 is 7.82 Å². The number of phosphoric acid groups is 1. The van der Waals surface area contributed by atoms with Gasteiger partial charge in [0.2, 0.25) is 0 Å². The molecule has 0 aliphatic rings. The minimum Gasteiger partial charge on any atom is -0.287 e. The molecule has 0 rings (SSSR count). The van der Waals surface area contributed by atoms with Gasteiger partial charge in [-0.15, -0.1) is 0 Å². The van der Waals surface area contributed by atoms with Crippen molar-refractivity contribution in [2.24, 2.45) is 0 Å². The van der Waals surface area contributed by atoms with Crippen molar-refractivity contribution in [3.63, 3.8) is 0 Å². The molecule has 0 aromatic rings. The normalized spacial score (nSPS) is 12.3. The van der Waals surface area contributed by atoms with Crippen LogP contribution in [0.4, 0.5) is 0 Å². The first-order valence-corrected chi connectivity index (χ1v) is 8.57. The summed E-state index contributed by atoms with van der Waals surface area (Å²) < 4.78 is 28.3. The van der Waals surface area contributed by atoms with Crippen molar-refractivity contribution in [2.75, 3.05) is 13.2 Å². The summed E-state index contributed by atoms with van der Waals surface area (Å²) in [4.78, 5) is 0. The monoisotopic (exact) mass is 280 g/mol. The standard InChI is InChI=1S/C13H29O4P/c1-5-7-9-11-15-18(14,17-13(3)4)16-12-10-8-6-2/h13H,5-12H2,1-4H3. The molecule has 0 heterocycles. The molecule has 0 bridgehead atoms. The van der Waals surface area contributed by atoms with Gasteiger partial charge < -0.3 is 0 Å². The molecule has 0 atom stereocenters. The first-order chi connectivity index (χ1) is 8.54. The summed E-state index contributed by atoms with van der Waals surface area (Å²) in [5, 5.41) is 0. The number of unbranched alkanes of at least 4 members (excludes halogenated alkanes) is 4. The molecule has 0 aliphatic carbocycles. The molecule has 0 N–H and O–H groups in total. The van der Waals surface area contributed by atoms with Crippen LogP contribution in [-0.2, 0) is 18.1 Å². The number of rotatable bonds is 12. The maximum atomic E-state index is 12.3. The Bertz CT molecular complexity index is 215. The SMILES string of the molecule is CCCCCOP(=O)(OCCCCC)OC(C)C. The van der Waals surface area contributed by atoms with Gasteiger partial charge in [0.15, 0.2) is 0 Å². The van der Waals surface area contributed by atoms with E-state index in [1.807, 2.05) is 13.8 Å². The molecule has 5 heteroatoms. The van der Waals surface area contributed by atoms with Crippen LogP contribution in [0.15, 0.2) is 0 Å². The lowest BCUT2D eigenvalue weighted by Crippen LogP contribution is -2.07. The highest BCUT2D eigenvalue weighted by molar-refractivity contribution is 7.48. The number of hydrogen-bond donors (Lipinski definition) is 0. The molecule has 0 radical (unpaired) electrons. The molecular weight excluding hydrogens is 251 g/mol. The molecular formula is C13H29O4P. The Labute approximate surface area is 112 Å². The van der Waals surface area contributed by atoms with E-state index < -0.39 is 7.82 Å². The van der Waals surface area contributed by atoms with E-state index in [4.69, 9.17) is 13.6 Å². The van der Waals surface area contributed by atoms with Gasteiger partial charge in [-0.05, 0) is 26.7 Å². The Hall–Kier alpha value is 0.110. The first-order valence-electron chi connectivity index (χ1n) is 7.11. The third-order valence-corrected chi connectivity index (χ3v) is 4.01. The molecule has 0 saturated carbocycles. The largest absolute Gasteiger partial charge is 0.475 e. The minimum absolute atomic E-state index is 0.159. The Morgan fingerprint density at radius 1 is 0.889 bits per heavy atom. The maximum Gasteiger partial charge on any atom is 0.475 e. The molecule has 0 aromatic heterocycles. The fourth-order valence-corrected chi connectivity index (χ4v) is 2.83. The molecule has 0 aliphatic heterocycles. The summed E-state index contributed by atoms with van der Waals surface area (Å²) in [6.07, 6.45) is 5.97. The first kappa shape index (κ1) is 18.1. The van der Waals surface area contributed by atoms with E-state index in [2.05, 4.69) is 13.8 Å². The predicted octanol–water partition coefficient (Wildman–Crippen LogP) is 4.93. The van der Waals surface area contributed by atoms with Gasteiger partial charge in [-0.1, -0.05) is 39.5 Å². The van der Waals surface area contributed by atoms with Gasteiger partial charge in [0, 0.05) is 0 Å². The zero-order valence-corrected chi connectivity index (χ0v) is 13.2. The van der Waals surface area contributed by atoms with Gasteiger partial charge in [0.25, 0.3) is 0 Å². The molecule has 0 amide bonds. The molecule has 110 valence electrons. The fourth-order valence-electron chi connectivity index (χ4n) is 1.41. The fraction of sp³-hybridized carbons (Fsp3) is 1.00. The zero-order valence-electron chi connectivity index (χ0n) is 12.3. The highest BCUT2D eigenvalue weighted by Crippen LogP contribution is 2.50. The predicted molar refractivity (Wildman–Crippen MR) is 74.8 cm³/mol. The molecule has 0 aromatic carbocycles. The van der Waals surface area contributed by atoms with Crippen LogP contribution in [0.25, 0.3) is 0 Å². The van der Waals surface area contributed by atoms with Crippen LogP contribution in [0.5, 0.6) is 0 Å². The molecule has 18 heavy (non-hydrogen) atoms. The van der Waals surface area contributed by atoms with Crippen molar-refractivity contribution in [1.82, 2.24) is 0 Å². The minimum atomic E-state index is -3.36. The zero-order chi connectivity index (χ0) is 13.9. The van der Waals surface area contributed by atoms with Crippen molar-refractivity contribution in [3.05, 3.63) is 0 Å².